The van der Waals surface area contributed by atoms with Gasteiger partial charge in [0.2, 0.25) is 0 Å². The number of rotatable bonds is 2. The summed E-state index contributed by atoms with van der Waals surface area (Å²) in [5, 5.41) is 17.3. The molecule has 0 saturated carbocycles. The van der Waals surface area contributed by atoms with Gasteiger partial charge >= 0.3 is 0 Å². The molecule has 1 aliphatic rings. The highest BCUT2D eigenvalue weighted by Crippen LogP contribution is 2.31. The smallest absolute Gasteiger partial charge is 0.159 e. The van der Waals surface area contributed by atoms with Crippen LogP contribution in [0, 0.1) is 5.21 Å². The molecule has 2 aromatic rings. The summed E-state index contributed by atoms with van der Waals surface area (Å²) >= 11 is 0. The minimum atomic E-state index is -0.742. The molecule has 0 fully saturated rings. The topological polar surface area (TPSA) is 61.4 Å². The van der Waals surface area contributed by atoms with Crippen molar-refractivity contribution in [2.75, 3.05) is 6.54 Å². The Morgan fingerprint density at radius 3 is 2.20 bits per heavy atom. The summed E-state index contributed by atoms with van der Waals surface area (Å²) in [6.45, 7) is 0.227. The van der Waals surface area contributed by atoms with Crippen LogP contribution in [0.3, 0.4) is 0 Å². The fourth-order valence-corrected chi connectivity index (χ4v) is 2.35. The second-order valence-electron chi connectivity index (χ2n) is 4.70. The van der Waals surface area contributed by atoms with Crippen molar-refractivity contribution in [1.29, 1.82) is 0 Å². The number of nitrogens with zero attached hydrogens (tertiary/aromatic N) is 2. The van der Waals surface area contributed by atoms with Crippen LogP contribution in [0.25, 0.3) is 0 Å². The predicted octanol–water partition coefficient (Wildman–Crippen LogP) is 2.75. The number of hydrogen-bond donors (Lipinski definition) is 1. The molecule has 1 unspecified atom stereocenters. The van der Waals surface area contributed by atoms with Gasteiger partial charge in [-0.1, -0.05) is 53.6 Å². The van der Waals surface area contributed by atoms with E-state index >= 15 is 0 Å². The van der Waals surface area contributed by atoms with E-state index in [1.807, 2.05) is 48.5 Å². The molecular formula is C16H15N3O. The van der Waals surface area contributed by atoms with E-state index in [9.17, 15) is 5.21 Å². The van der Waals surface area contributed by atoms with Gasteiger partial charge in [0.15, 0.2) is 5.69 Å². The van der Waals surface area contributed by atoms with Crippen LogP contribution in [0.4, 0.5) is 5.69 Å². The highest BCUT2D eigenvalue weighted by molar-refractivity contribution is 6.14. The van der Waals surface area contributed by atoms with E-state index in [0.29, 0.717) is 11.4 Å². The van der Waals surface area contributed by atoms with Crippen LogP contribution in [0.1, 0.15) is 5.56 Å². The van der Waals surface area contributed by atoms with E-state index in [1.165, 1.54) is 6.20 Å². The molecule has 0 aliphatic carbocycles. The zero-order chi connectivity index (χ0) is 14.0. The van der Waals surface area contributed by atoms with Crippen molar-refractivity contribution in [3.8, 4) is 0 Å². The van der Waals surface area contributed by atoms with E-state index in [-0.39, 0.29) is 6.54 Å². The molecule has 0 amide bonds. The zero-order valence-corrected chi connectivity index (χ0v) is 10.9. The fraction of sp³-hybridized carbons (Fsp3) is 0.0625. The first-order valence-electron chi connectivity index (χ1n) is 6.44. The van der Waals surface area contributed by atoms with Crippen LogP contribution < -0.4 is 10.5 Å². The number of para-hydroxylation sites is 1. The molecule has 1 aliphatic heterocycles. The largest absolute Gasteiger partial charge is 0.599 e. The molecule has 100 valence electrons. The second kappa shape index (κ2) is 4.92. The molecular weight excluding hydrogens is 250 g/mol. The lowest BCUT2D eigenvalue weighted by molar-refractivity contribution is 0.447. The van der Waals surface area contributed by atoms with Gasteiger partial charge in [-0.05, 0) is 0 Å². The lowest BCUT2D eigenvalue weighted by Crippen LogP contribution is -2.34. The number of benzene rings is 2. The van der Waals surface area contributed by atoms with Crippen molar-refractivity contribution in [1.82, 2.24) is 4.76 Å². The molecule has 1 atom stereocenters. The van der Waals surface area contributed by atoms with Gasteiger partial charge in [-0.2, -0.15) is 4.76 Å². The number of nitrogens with two attached hydrogens (primary N) is 1. The molecule has 4 nitrogen and oxygen atoms in total. The van der Waals surface area contributed by atoms with Gasteiger partial charge < -0.3 is 10.9 Å². The maximum absolute atomic E-state index is 12.9. The Morgan fingerprint density at radius 1 is 1.00 bits per heavy atom. The maximum atomic E-state index is 12.9. The Labute approximate surface area is 117 Å². The minimum absolute atomic E-state index is 0.227. The molecule has 4 heteroatoms. The van der Waals surface area contributed by atoms with E-state index in [1.54, 1.807) is 12.1 Å². The average molecular weight is 265 g/mol. The van der Waals surface area contributed by atoms with Gasteiger partial charge in [-0.15, -0.1) is 0 Å². The normalized spacial score (nSPS) is 23.9. The van der Waals surface area contributed by atoms with E-state index < -0.39 is 4.76 Å². The summed E-state index contributed by atoms with van der Waals surface area (Å²) in [7, 11) is 0. The number of hydrogen-bond acceptors (Lipinski definition) is 3. The monoisotopic (exact) mass is 265 g/mol. The summed E-state index contributed by atoms with van der Waals surface area (Å²) in [6.07, 6.45) is 1.48. The second-order valence-corrected chi connectivity index (χ2v) is 4.70. The van der Waals surface area contributed by atoms with Crippen LogP contribution in [-0.4, -0.2) is 12.3 Å². The molecule has 0 radical (unpaired) electrons. The molecule has 0 spiro atoms. The Balaban J connectivity index is 2.08. The third kappa shape index (κ3) is 2.11. The van der Waals surface area contributed by atoms with Crippen molar-refractivity contribution in [3.63, 3.8) is 0 Å². The van der Waals surface area contributed by atoms with Gasteiger partial charge in [0, 0.05) is 23.9 Å². The average Bonchev–Trinajstić information content (AvgIpc) is 2.88. The summed E-state index contributed by atoms with van der Waals surface area (Å²) in [5.41, 5.74) is 8.64. The Hall–Kier alpha value is -2.43. The van der Waals surface area contributed by atoms with Gasteiger partial charge in [-0.25, -0.2) is 0 Å². The lowest BCUT2D eigenvalue weighted by atomic mass is 10.0. The van der Waals surface area contributed by atoms with Crippen molar-refractivity contribution in [2.24, 2.45) is 10.8 Å². The first-order chi connectivity index (χ1) is 9.73. The molecule has 0 saturated heterocycles. The van der Waals surface area contributed by atoms with Crippen LogP contribution in [0.5, 0.6) is 0 Å². The third-order valence-corrected chi connectivity index (χ3v) is 3.36. The highest BCUT2D eigenvalue weighted by Gasteiger charge is 2.33. The summed E-state index contributed by atoms with van der Waals surface area (Å²) in [4.78, 5) is 0. The van der Waals surface area contributed by atoms with Crippen molar-refractivity contribution < 1.29 is 0 Å². The molecule has 1 heterocycles. The number of hydroxylamine groups is 1. The summed E-state index contributed by atoms with van der Waals surface area (Å²) in [6, 6.07) is 18.8. The fourth-order valence-electron chi connectivity index (χ4n) is 2.35. The molecule has 2 N–H and O–H groups in total. The standard InChI is InChI=1S/C16H15N3O/c17-11-14-12-19(20,15-9-5-2-6-10-15)18-16(14)13-7-3-1-4-8-13/h1-11H,12,17H2. The molecule has 2 aromatic carbocycles. The van der Waals surface area contributed by atoms with Gasteiger partial charge in [-0.3, -0.25) is 0 Å². The van der Waals surface area contributed by atoms with E-state index in [2.05, 4.69) is 5.10 Å². The van der Waals surface area contributed by atoms with Crippen LogP contribution in [0.2, 0.25) is 0 Å². The Morgan fingerprint density at radius 2 is 1.60 bits per heavy atom. The highest BCUT2D eigenvalue weighted by atomic mass is 16.6. The third-order valence-electron chi connectivity index (χ3n) is 3.36. The van der Waals surface area contributed by atoms with Crippen molar-refractivity contribution in [2.45, 2.75) is 0 Å². The maximum Gasteiger partial charge on any atom is 0.159 e. The van der Waals surface area contributed by atoms with Crippen LogP contribution in [0.15, 0.2) is 77.5 Å². The van der Waals surface area contributed by atoms with Gasteiger partial charge in [0.1, 0.15) is 12.3 Å². The molecule has 0 aromatic heterocycles. The molecule has 20 heavy (non-hydrogen) atoms. The van der Waals surface area contributed by atoms with Crippen LogP contribution >= 0.6 is 0 Å². The quantitative estimate of drug-likeness (QED) is 0.670. The van der Waals surface area contributed by atoms with Gasteiger partial charge in [0.25, 0.3) is 0 Å². The summed E-state index contributed by atoms with van der Waals surface area (Å²) < 4.78 is -0.742. The summed E-state index contributed by atoms with van der Waals surface area (Å²) in [5.74, 6) is 0. The predicted molar refractivity (Wildman–Crippen MR) is 81.7 cm³/mol. The molecule has 0 bridgehead atoms. The lowest BCUT2D eigenvalue weighted by Gasteiger charge is -2.31. The Kier molecular flexibility index (Phi) is 3.10. The van der Waals surface area contributed by atoms with E-state index in [0.717, 1.165) is 11.1 Å². The SMILES string of the molecule is NC=C1C[N+]([O-])(c2ccccc2)N=C1c1ccccc1. The number of quaternary nitrogens is 1. The minimum Gasteiger partial charge on any atom is -0.599 e. The van der Waals surface area contributed by atoms with Crippen LogP contribution in [-0.2, 0) is 0 Å². The first-order valence-corrected chi connectivity index (χ1v) is 6.44. The zero-order valence-electron chi connectivity index (χ0n) is 10.9. The van der Waals surface area contributed by atoms with Gasteiger partial charge in [0.05, 0.1) is 5.57 Å². The molecule has 3 rings (SSSR count). The Bertz CT molecular complexity index is 665. The first kappa shape index (κ1) is 12.6. The van der Waals surface area contributed by atoms with Crippen molar-refractivity contribution in [3.05, 3.63) is 83.2 Å². The van der Waals surface area contributed by atoms with Crippen molar-refractivity contribution >= 4 is 11.4 Å². The van der Waals surface area contributed by atoms with E-state index in [4.69, 9.17) is 5.73 Å².